The number of carbonyl (C=O) groups is 1. The SMILES string of the molecule is COc1ccc(-n2c(SCC(=O)c3ccc(Cl)cc3)nnc2-c2ccc(Cl)cc2)cc1. The quantitative estimate of drug-likeness (QED) is 0.237. The molecule has 156 valence electrons. The van der Waals surface area contributed by atoms with Gasteiger partial charge in [-0.05, 0) is 72.8 Å². The van der Waals surface area contributed by atoms with E-state index in [1.807, 2.05) is 41.0 Å². The highest BCUT2D eigenvalue weighted by atomic mass is 35.5. The number of benzene rings is 3. The van der Waals surface area contributed by atoms with E-state index in [0.29, 0.717) is 26.6 Å². The standard InChI is InChI=1S/C23H17Cl2N3O2S/c1-30-20-12-10-19(11-13-20)28-22(16-4-8-18(25)9-5-16)26-27-23(28)31-14-21(29)15-2-6-17(24)7-3-15/h2-13H,14H2,1H3. The van der Waals surface area contributed by atoms with E-state index in [9.17, 15) is 4.79 Å². The third-order valence-electron chi connectivity index (χ3n) is 4.56. The zero-order valence-corrected chi connectivity index (χ0v) is 18.8. The molecule has 0 atom stereocenters. The van der Waals surface area contributed by atoms with Crippen LogP contribution < -0.4 is 4.74 Å². The Balaban J connectivity index is 1.67. The van der Waals surface area contributed by atoms with E-state index in [4.69, 9.17) is 27.9 Å². The lowest BCUT2D eigenvalue weighted by atomic mass is 10.1. The van der Waals surface area contributed by atoms with Crippen LogP contribution in [0.3, 0.4) is 0 Å². The van der Waals surface area contributed by atoms with Crippen molar-refractivity contribution in [2.75, 3.05) is 12.9 Å². The van der Waals surface area contributed by atoms with Crippen molar-refractivity contribution < 1.29 is 9.53 Å². The van der Waals surface area contributed by atoms with Gasteiger partial charge in [0.2, 0.25) is 0 Å². The van der Waals surface area contributed by atoms with Gasteiger partial charge in [-0.15, -0.1) is 10.2 Å². The fraction of sp³-hybridized carbons (Fsp3) is 0.0870. The highest BCUT2D eigenvalue weighted by Crippen LogP contribution is 2.30. The van der Waals surface area contributed by atoms with E-state index < -0.39 is 0 Å². The summed E-state index contributed by atoms with van der Waals surface area (Å²) in [7, 11) is 1.62. The fourth-order valence-corrected chi connectivity index (χ4v) is 4.06. The summed E-state index contributed by atoms with van der Waals surface area (Å²) in [6, 6.07) is 21.8. The Morgan fingerprint density at radius 2 is 1.52 bits per heavy atom. The number of halogens is 2. The van der Waals surface area contributed by atoms with Gasteiger partial charge in [0.15, 0.2) is 16.8 Å². The summed E-state index contributed by atoms with van der Waals surface area (Å²) in [6.07, 6.45) is 0. The minimum Gasteiger partial charge on any atom is -0.497 e. The van der Waals surface area contributed by atoms with Crippen LogP contribution >= 0.6 is 35.0 Å². The van der Waals surface area contributed by atoms with Crippen LogP contribution in [-0.2, 0) is 0 Å². The lowest BCUT2D eigenvalue weighted by Gasteiger charge is -2.11. The molecule has 3 aromatic carbocycles. The molecular formula is C23H17Cl2N3O2S. The van der Waals surface area contributed by atoms with Crippen molar-refractivity contribution in [3.63, 3.8) is 0 Å². The second kappa shape index (κ2) is 9.56. The van der Waals surface area contributed by atoms with Gasteiger partial charge in [-0.3, -0.25) is 9.36 Å². The summed E-state index contributed by atoms with van der Waals surface area (Å²) < 4.78 is 7.19. The van der Waals surface area contributed by atoms with Gasteiger partial charge in [0.05, 0.1) is 12.9 Å². The van der Waals surface area contributed by atoms with Crippen molar-refractivity contribution in [3.05, 3.63) is 88.4 Å². The predicted molar refractivity (Wildman–Crippen MR) is 125 cm³/mol. The first-order chi connectivity index (χ1) is 15.0. The second-order valence-electron chi connectivity index (χ2n) is 6.57. The van der Waals surface area contributed by atoms with Gasteiger partial charge >= 0.3 is 0 Å². The molecular weight excluding hydrogens is 453 g/mol. The Morgan fingerprint density at radius 1 is 0.903 bits per heavy atom. The van der Waals surface area contributed by atoms with Gasteiger partial charge in [0.25, 0.3) is 0 Å². The van der Waals surface area contributed by atoms with Crippen LogP contribution in [0.4, 0.5) is 0 Å². The molecule has 0 spiro atoms. The number of Topliss-reactive ketones (excluding diaryl/α,β-unsaturated/α-hetero) is 1. The Labute approximate surface area is 194 Å². The molecule has 0 aliphatic carbocycles. The number of methoxy groups -OCH3 is 1. The molecule has 1 aromatic heterocycles. The molecule has 0 fully saturated rings. The van der Waals surface area contributed by atoms with Crippen LogP contribution in [0.1, 0.15) is 10.4 Å². The molecule has 0 amide bonds. The summed E-state index contributed by atoms with van der Waals surface area (Å²) in [4.78, 5) is 12.6. The smallest absolute Gasteiger partial charge is 0.196 e. The highest BCUT2D eigenvalue weighted by Gasteiger charge is 2.18. The molecule has 0 unspecified atom stereocenters. The van der Waals surface area contributed by atoms with Crippen LogP contribution in [0.25, 0.3) is 17.1 Å². The second-order valence-corrected chi connectivity index (χ2v) is 8.38. The van der Waals surface area contributed by atoms with Crippen LogP contribution in [0.5, 0.6) is 5.75 Å². The third kappa shape index (κ3) is 4.93. The van der Waals surface area contributed by atoms with Gasteiger partial charge in [0.1, 0.15) is 5.75 Å². The van der Waals surface area contributed by atoms with E-state index in [-0.39, 0.29) is 11.5 Å². The van der Waals surface area contributed by atoms with Crippen LogP contribution in [0, 0.1) is 0 Å². The number of ketones is 1. The molecule has 4 rings (SSSR count). The molecule has 0 saturated carbocycles. The predicted octanol–water partition coefficient (Wildman–Crippen LogP) is 6.22. The average Bonchev–Trinajstić information content (AvgIpc) is 3.22. The number of nitrogens with zero attached hydrogens (tertiary/aromatic N) is 3. The topological polar surface area (TPSA) is 57.0 Å². The lowest BCUT2D eigenvalue weighted by Crippen LogP contribution is -2.05. The minimum absolute atomic E-state index is 0.0148. The van der Waals surface area contributed by atoms with E-state index in [2.05, 4.69) is 10.2 Å². The maximum Gasteiger partial charge on any atom is 0.196 e. The van der Waals surface area contributed by atoms with Crippen LogP contribution in [0.2, 0.25) is 10.0 Å². The van der Waals surface area contributed by atoms with E-state index in [0.717, 1.165) is 17.0 Å². The molecule has 0 aliphatic rings. The molecule has 8 heteroatoms. The van der Waals surface area contributed by atoms with E-state index >= 15 is 0 Å². The summed E-state index contributed by atoms with van der Waals surface area (Å²) in [5.41, 5.74) is 2.33. The fourth-order valence-electron chi connectivity index (χ4n) is 2.96. The van der Waals surface area contributed by atoms with E-state index in [1.54, 1.807) is 43.5 Å². The van der Waals surface area contributed by atoms with E-state index in [1.165, 1.54) is 11.8 Å². The lowest BCUT2D eigenvalue weighted by molar-refractivity contribution is 0.102. The molecule has 0 radical (unpaired) electrons. The van der Waals surface area contributed by atoms with Crippen molar-refractivity contribution in [2.45, 2.75) is 5.16 Å². The van der Waals surface area contributed by atoms with Crippen LogP contribution in [-0.4, -0.2) is 33.4 Å². The highest BCUT2D eigenvalue weighted by molar-refractivity contribution is 7.99. The van der Waals surface area contributed by atoms with Crippen LogP contribution in [0.15, 0.2) is 78.0 Å². The molecule has 0 aliphatic heterocycles. The largest absolute Gasteiger partial charge is 0.497 e. The monoisotopic (exact) mass is 469 g/mol. The Kier molecular flexibility index (Phi) is 6.61. The summed E-state index contributed by atoms with van der Waals surface area (Å²) in [5, 5.41) is 10.6. The zero-order valence-electron chi connectivity index (χ0n) is 16.5. The minimum atomic E-state index is -0.0148. The molecule has 1 heterocycles. The van der Waals surface area contributed by atoms with Gasteiger partial charge in [0, 0.05) is 26.9 Å². The Morgan fingerprint density at radius 3 is 2.13 bits per heavy atom. The third-order valence-corrected chi connectivity index (χ3v) is 6.00. The molecule has 4 aromatic rings. The van der Waals surface area contributed by atoms with Gasteiger partial charge in [-0.2, -0.15) is 0 Å². The number of hydrogen-bond donors (Lipinski definition) is 0. The van der Waals surface area contributed by atoms with Crippen molar-refractivity contribution >= 4 is 40.7 Å². The number of ether oxygens (including phenoxy) is 1. The van der Waals surface area contributed by atoms with Gasteiger partial charge < -0.3 is 4.74 Å². The summed E-state index contributed by atoms with van der Waals surface area (Å²) >= 11 is 13.3. The van der Waals surface area contributed by atoms with Gasteiger partial charge in [-0.25, -0.2) is 0 Å². The van der Waals surface area contributed by atoms with Crippen molar-refractivity contribution in [3.8, 4) is 22.8 Å². The number of thioether (sulfide) groups is 1. The first-order valence-corrected chi connectivity index (χ1v) is 11.1. The average molecular weight is 470 g/mol. The van der Waals surface area contributed by atoms with Crippen molar-refractivity contribution in [2.24, 2.45) is 0 Å². The molecule has 5 nitrogen and oxygen atoms in total. The first kappa shape index (κ1) is 21.4. The number of hydrogen-bond acceptors (Lipinski definition) is 5. The van der Waals surface area contributed by atoms with Gasteiger partial charge in [-0.1, -0.05) is 35.0 Å². The Bertz CT molecular complexity index is 1190. The normalized spacial score (nSPS) is 10.8. The van der Waals surface area contributed by atoms with Crippen molar-refractivity contribution in [1.29, 1.82) is 0 Å². The Hall–Kier alpha value is -2.80. The summed E-state index contributed by atoms with van der Waals surface area (Å²) in [6.45, 7) is 0. The number of carbonyl (C=O) groups excluding carboxylic acids is 1. The molecule has 0 N–H and O–H groups in total. The first-order valence-electron chi connectivity index (χ1n) is 9.32. The molecule has 0 bridgehead atoms. The molecule has 0 saturated heterocycles. The number of rotatable bonds is 7. The zero-order chi connectivity index (χ0) is 21.8. The summed E-state index contributed by atoms with van der Waals surface area (Å²) in [5.74, 6) is 1.61. The number of aromatic nitrogens is 3. The molecule has 31 heavy (non-hydrogen) atoms. The van der Waals surface area contributed by atoms with Crippen molar-refractivity contribution in [1.82, 2.24) is 14.8 Å². The maximum absolute atomic E-state index is 12.6. The maximum atomic E-state index is 12.6.